The van der Waals surface area contributed by atoms with E-state index in [-0.39, 0.29) is 0 Å². The number of rotatable bonds is 4. The molecule has 0 unspecified atom stereocenters. The zero-order valence-electron chi connectivity index (χ0n) is 12.3. The Morgan fingerprint density at radius 2 is 1.80 bits per heavy atom. The lowest BCUT2D eigenvalue weighted by Gasteiger charge is -2.19. The van der Waals surface area contributed by atoms with E-state index < -0.39 is 11.5 Å². The summed E-state index contributed by atoms with van der Waals surface area (Å²) in [6, 6.07) is 8.29. The zero-order chi connectivity index (χ0) is 14.9. The van der Waals surface area contributed by atoms with Gasteiger partial charge < -0.3 is 5.11 Å². The van der Waals surface area contributed by atoms with Gasteiger partial charge in [0, 0.05) is 11.8 Å². The molecule has 2 rings (SSSR count). The summed E-state index contributed by atoms with van der Waals surface area (Å²) in [6.07, 6.45) is 3.48. The standard InChI is InChI=1S/C16H20N2O2/c1-11(2)12-5-7-13(8-6-12)14-9-17-18(10-14)16(3,4)15(19)20/h5-11H,1-4H3,(H,19,20). The lowest BCUT2D eigenvalue weighted by molar-refractivity contribution is -0.146. The summed E-state index contributed by atoms with van der Waals surface area (Å²) in [4.78, 5) is 11.2. The van der Waals surface area contributed by atoms with Crippen LogP contribution in [0.3, 0.4) is 0 Å². The van der Waals surface area contributed by atoms with Crippen LogP contribution in [0.4, 0.5) is 0 Å². The maximum atomic E-state index is 11.2. The Labute approximate surface area is 119 Å². The van der Waals surface area contributed by atoms with Gasteiger partial charge in [0.2, 0.25) is 0 Å². The van der Waals surface area contributed by atoms with E-state index in [4.69, 9.17) is 0 Å². The monoisotopic (exact) mass is 272 g/mol. The number of hydrogen-bond donors (Lipinski definition) is 1. The van der Waals surface area contributed by atoms with Crippen LogP contribution in [-0.4, -0.2) is 20.9 Å². The Morgan fingerprint density at radius 1 is 1.20 bits per heavy atom. The van der Waals surface area contributed by atoms with Crippen LogP contribution in [0.5, 0.6) is 0 Å². The van der Waals surface area contributed by atoms with Crippen molar-refractivity contribution in [2.45, 2.75) is 39.2 Å². The molecular weight excluding hydrogens is 252 g/mol. The van der Waals surface area contributed by atoms with E-state index >= 15 is 0 Å². The number of aliphatic carboxylic acids is 1. The van der Waals surface area contributed by atoms with Gasteiger partial charge in [0.25, 0.3) is 0 Å². The fourth-order valence-corrected chi connectivity index (χ4v) is 1.94. The summed E-state index contributed by atoms with van der Waals surface area (Å²) in [5.74, 6) is -0.403. The summed E-state index contributed by atoms with van der Waals surface area (Å²) in [5, 5.41) is 13.4. The van der Waals surface area contributed by atoms with Crippen LogP contribution in [0.2, 0.25) is 0 Å². The molecule has 20 heavy (non-hydrogen) atoms. The topological polar surface area (TPSA) is 55.1 Å². The van der Waals surface area contributed by atoms with E-state index in [1.807, 2.05) is 12.1 Å². The van der Waals surface area contributed by atoms with Gasteiger partial charge in [0.05, 0.1) is 6.20 Å². The van der Waals surface area contributed by atoms with Gasteiger partial charge in [-0.05, 0) is 30.9 Å². The number of carbonyl (C=O) groups is 1. The van der Waals surface area contributed by atoms with E-state index in [1.54, 1.807) is 26.2 Å². The summed E-state index contributed by atoms with van der Waals surface area (Å²) in [6.45, 7) is 7.58. The highest BCUT2D eigenvalue weighted by atomic mass is 16.4. The zero-order valence-corrected chi connectivity index (χ0v) is 12.3. The van der Waals surface area contributed by atoms with Crippen molar-refractivity contribution in [3.63, 3.8) is 0 Å². The van der Waals surface area contributed by atoms with Crippen molar-refractivity contribution in [1.29, 1.82) is 0 Å². The second kappa shape index (κ2) is 5.12. The molecule has 1 aromatic heterocycles. The first-order valence-electron chi connectivity index (χ1n) is 6.71. The predicted octanol–water partition coefficient (Wildman–Crippen LogP) is 3.49. The maximum absolute atomic E-state index is 11.2. The average Bonchev–Trinajstić information content (AvgIpc) is 2.88. The third-order valence-electron chi connectivity index (χ3n) is 3.59. The smallest absolute Gasteiger partial charge is 0.331 e. The molecule has 4 nitrogen and oxygen atoms in total. The first kappa shape index (κ1) is 14.3. The molecule has 0 radical (unpaired) electrons. The third-order valence-corrected chi connectivity index (χ3v) is 3.59. The molecule has 0 aliphatic carbocycles. The van der Waals surface area contributed by atoms with E-state index in [9.17, 15) is 9.90 Å². The molecule has 1 N–H and O–H groups in total. The van der Waals surface area contributed by atoms with E-state index in [1.165, 1.54) is 10.2 Å². The van der Waals surface area contributed by atoms with E-state index in [0.717, 1.165) is 11.1 Å². The Bertz CT molecular complexity index is 610. The molecule has 4 heteroatoms. The molecule has 0 bridgehead atoms. The molecule has 0 spiro atoms. The molecule has 0 aliphatic heterocycles. The highest BCUT2D eigenvalue weighted by molar-refractivity contribution is 5.75. The van der Waals surface area contributed by atoms with E-state index in [2.05, 4.69) is 31.1 Å². The second-order valence-corrected chi connectivity index (χ2v) is 5.81. The van der Waals surface area contributed by atoms with Crippen LogP contribution >= 0.6 is 0 Å². The quantitative estimate of drug-likeness (QED) is 0.926. The predicted molar refractivity (Wildman–Crippen MR) is 78.7 cm³/mol. The number of carboxylic acids is 1. The van der Waals surface area contributed by atoms with Crippen molar-refractivity contribution in [3.05, 3.63) is 42.2 Å². The van der Waals surface area contributed by atoms with E-state index in [0.29, 0.717) is 5.92 Å². The van der Waals surface area contributed by atoms with Crippen molar-refractivity contribution < 1.29 is 9.90 Å². The molecule has 0 saturated heterocycles. The SMILES string of the molecule is CC(C)c1ccc(-c2cnn(C(C)(C)C(=O)O)c2)cc1. The van der Waals surface area contributed by atoms with Crippen molar-refractivity contribution in [2.75, 3.05) is 0 Å². The van der Waals surface area contributed by atoms with Crippen molar-refractivity contribution >= 4 is 5.97 Å². The van der Waals surface area contributed by atoms with Crippen molar-refractivity contribution in [1.82, 2.24) is 9.78 Å². The summed E-state index contributed by atoms with van der Waals surface area (Å²) in [7, 11) is 0. The van der Waals surface area contributed by atoms with Gasteiger partial charge in [-0.1, -0.05) is 38.1 Å². The van der Waals surface area contributed by atoms with Gasteiger partial charge in [0.15, 0.2) is 5.54 Å². The van der Waals surface area contributed by atoms with Crippen LogP contribution in [0.15, 0.2) is 36.7 Å². The van der Waals surface area contributed by atoms with Gasteiger partial charge >= 0.3 is 5.97 Å². The van der Waals surface area contributed by atoms with Crippen molar-refractivity contribution in [2.24, 2.45) is 0 Å². The average molecular weight is 272 g/mol. The number of nitrogens with zero attached hydrogens (tertiary/aromatic N) is 2. The minimum absolute atomic E-state index is 0.498. The van der Waals surface area contributed by atoms with Gasteiger partial charge in [-0.15, -0.1) is 0 Å². The highest BCUT2D eigenvalue weighted by Crippen LogP contribution is 2.24. The van der Waals surface area contributed by atoms with Gasteiger partial charge in [0.1, 0.15) is 0 Å². The van der Waals surface area contributed by atoms with Crippen LogP contribution in [-0.2, 0) is 10.3 Å². The minimum Gasteiger partial charge on any atom is -0.479 e. The molecule has 0 atom stereocenters. The molecule has 106 valence electrons. The second-order valence-electron chi connectivity index (χ2n) is 5.81. The highest BCUT2D eigenvalue weighted by Gasteiger charge is 2.30. The molecular formula is C16H20N2O2. The number of hydrogen-bond acceptors (Lipinski definition) is 2. The first-order valence-corrected chi connectivity index (χ1v) is 6.71. The molecule has 0 saturated carbocycles. The third kappa shape index (κ3) is 2.59. The number of carboxylic acid groups (broad SMARTS) is 1. The maximum Gasteiger partial charge on any atom is 0.331 e. The fraction of sp³-hybridized carbons (Fsp3) is 0.375. The molecule has 0 aliphatic rings. The Hall–Kier alpha value is -2.10. The minimum atomic E-state index is -1.05. The Balaban J connectivity index is 2.31. The van der Waals surface area contributed by atoms with Crippen LogP contribution in [0, 0.1) is 0 Å². The van der Waals surface area contributed by atoms with Crippen LogP contribution in [0.25, 0.3) is 11.1 Å². The largest absolute Gasteiger partial charge is 0.479 e. The van der Waals surface area contributed by atoms with Gasteiger partial charge in [-0.3, -0.25) is 4.68 Å². The molecule has 2 aromatic rings. The lowest BCUT2D eigenvalue weighted by Crippen LogP contribution is -2.35. The lowest BCUT2D eigenvalue weighted by atomic mass is 10.00. The fourth-order valence-electron chi connectivity index (χ4n) is 1.94. The Kier molecular flexibility index (Phi) is 3.66. The molecule has 0 amide bonds. The normalized spacial score (nSPS) is 11.8. The van der Waals surface area contributed by atoms with Gasteiger partial charge in [-0.2, -0.15) is 5.10 Å². The molecule has 1 heterocycles. The number of benzene rings is 1. The Morgan fingerprint density at radius 3 is 2.30 bits per heavy atom. The van der Waals surface area contributed by atoms with Crippen LogP contribution < -0.4 is 0 Å². The van der Waals surface area contributed by atoms with Crippen molar-refractivity contribution in [3.8, 4) is 11.1 Å². The summed E-state index contributed by atoms with van der Waals surface area (Å²) < 4.78 is 1.49. The summed E-state index contributed by atoms with van der Waals surface area (Å²) >= 11 is 0. The van der Waals surface area contributed by atoms with Gasteiger partial charge in [-0.25, -0.2) is 4.79 Å². The first-order chi connectivity index (χ1) is 9.32. The number of aromatic nitrogens is 2. The molecule has 0 fully saturated rings. The van der Waals surface area contributed by atoms with Crippen LogP contribution in [0.1, 0.15) is 39.2 Å². The summed E-state index contributed by atoms with van der Waals surface area (Å²) in [5.41, 5.74) is 2.21. The molecule has 1 aromatic carbocycles.